The maximum Gasteiger partial charge on any atom is 0.282 e. The fraction of sp³-hybridized carbons (Fsp3) is 0.148. The van der Waals surface area contributed by atoms with Crippen LogP contribution in [0.15, 0.2) is 75.0 Å². The van der Waals surface area contributed by atoms with E-state index in [1.165, 1.54) is 4.68 Å². The van der Waals surface area contributed by atoms with Crippen molar-refractivity contribution < 1.29 is 18.6 Å². The van der Waals surface area contributed by atoms with Gasteiger partial charge in [0.25, 0.3) is 5.56 Å². The van der Waals surface area contributed by atoms with E-state index in [1.807, 2.05) is 43.3 Å². The van der Waals surface area contributed by atoms with Crippen molar-refractivity contribution in [3.05, 3.63) is 80.2 Å². The maximum absolute atomic E-state index is 13.5. The van der Waals surface area contributed by atoms with Crippen LogP contribution in [-0.2, 0) is 0 Å². The number of furan rings is 1. The highest BCUT2D eigenvalue weighted by atomic mass is 127. The summed E-state index contributed by atoms with van der Waals surface area (Å²) in [6.07, 6.45) is 1.59. The second kappa shape index (κ2) is 10.0. The molecular formula is C27H22IN3O5. The standard InChI is InChI=1S/C27H22IN3O5/c1-4-35-25-19(28)12-16(13-23(25)34-3)15-29-31-26(30-20-9-6-5-8-17(20)27(31)32)24-14-18-21(33-2)10-7-11-22(18)36-24/h5-15H,4H2,1-3H3. The zero-order valence-electron chi connectivity index (χ0n) is 19.8. The lowest BCUT2D eigenvalue weighted by Gasteiger charge is -2.12. The number of hydrogen-bond donors (Lipinski definition) is 0. The number of halogens is 1. The molecule has 0 bridgehead atoms. The van der Waals surface area contributed by atoms with Crippen LogP contribution in [0.25, 0.3) is 33.5 Å². The van der Waals surface area contributed by atoms with E-state index in [0.717, 1.165) is 14.5 Å². The Morgan fingerprint density at radius 2 is 1.83 bits per heavy atom. The number of para-hydroxylation sites is 1. The van der Waals surface area contributed by atoms with Crippen LogP contribution in [0.1, 0.15) is 12.5 Å². The first kappa shape index (κ1) is 23.9. The van der Waals surface area contributed by atoms with Crippen molar-refractivity contribution in [1.82, 2.24) is 9.66 Å². The maximum atomic E-state index is 13.5. The molecule has 8 nitrogen and oxygen atoms in total. The highest BCUT2D eigenvalue weighted by Crippen LogP contribution is 2.34. The molecule has 0 saturated carbocycles. The second-order valence-corrected chi connectivity index (χ2v) is 8.93. The van der Waals surface area contributed by atoms with E-state index in [2.05, 4.69) is 27.7 Å². The van der Waals surface area contributed by atoms with Gasteiger partial charge in [-0.25, -0.2) is 4.98 Å². The largest absolute Gasteiger partial charge is 0.496 e. The monoisotopic (exact) mass is 595 g/mol. The summed E-state index contributed by atoms with van der Waals surface area (Å²) in [7, 11) is 3.18. The number of benzene rings is 3. The number of nitrogens with zero attached hydrogens (tertiary/aromatic N) is 3. The molecule has 2 aromatic heterocycles. The van der Waals surface area contributed by atoms with Gasteiger partial charge in [-0.15, -0.1) is 0 Å². The van der Waals surface area contributed by atoms with Crippen LogP contribution in [0.2, 0.25) is 0 Å². The van der Waals surface area contributed by atoms with E-state index in [-0.39, 0.29) is 11.4 Å². The fourth-order valence-corrected chi connectivity index (χ4v) is 4.72. The minimum absolute atomic E-state index is 0.279. The zero-order chi connectivity index (χ0) is 25.2. The Morgan fingerprint density at radius 1 is 1.03 bits per heavy atom. The molecule has 3 aromatic carbocycles. The molecule has 0 unspecified atom stereocenters. The number of ether oxygens (including phenoxy) is 3. The molecule has 182 valence electrons. The number of hydrogen-bond acceptors (Lipinski definition) is 7. The summed E-state index contributed by atoms with van der Waals surface area (Å²) in [6, 6.07) is 18.2. The number of methoxy groups -OCH3 is 2. The third-order valence-electron chi connectivity index (χ3n) is 5.58. The van der Waals surface area contributed by atoms with Crippen LogP contribution >= 0.6 is 22.6 Å². The van der Waals surface area contributed by atoms with Crippen LogP contribution < -0.4 is 19.8 Å². The van der Waals surface area contributed by atoms with Crippen molar-refractivity contribution >= 4 is 50.7 Å². The SMILES string of the molecule is CCOc1c(I)cc(C=Nn2c(-c3cc4c(OC)cccc4o3)nc3ccccc3c2=O)cc1OC. The lowest BCUT2D eigenvalue weighted by molar-refractivity contribution is 0.308. The average Bonchev–Trinajstić information content (AvgIpc) is 3.34. The Labute approximate surface area is 220 Å². The second-order valence-electron chi connectivity index (χ2n) is 7.76. The summed E-state index contributed by atoms with van der Waals surface area (Å²) in [4.78, 5) is 18.2. The minimum Gasteiger partial charge on any atom is -0.496 e. The highest BCUT2D eigenvalue weighted by molar-refractivity contribution is 14.1. The first-order chi connectivity index (χ1) is 17.5. The summed E-state index contributed by atoms with van der Waals surface area (Å²) < 4.78 is 24.9. The third-order valence-corrected chi connectivity index (χ3v) is 6.38. The van der Waals surface area contributed by atoms with Crippen LogP contribution in [0.4, 0.5) is 0 Å². The van der Waals surface area contributed by atoms with Gasteiger partial charge in [0.2, 0.25) is 5.82 Å². The Hall–Kier alpha value is -3.86. The average molecular weight is 595 g/mol. The van der Waals surface area contributed by atoms with Gasteiger partial charge in [0.15, 0.2) is 17.3 Å². The van der Waals surface area contributed by atoms with Crippen molar-refractivity contribution in [2.45, 2.75) is 6.92 Å². The molecule has 9 heteroatoms. The summed E-state index contributed by atoms with van der Waals surface area (Å²) >= 11 is 2.19. The van der Waals surface area contributed by atoms with E-state index < -0.39 is 0 Å². The Kier molecular flexibility index (Phi) is 6.64. The molecule has 0 amide bonds. The number of rotatable bonds is 7. The van der Waals surface area contributed by atoms with Crippen molar-refractivity contribution in [3.8, 4) is 28.8 Å². The molecule has 0 aliphatic heterocycles. The topological polar surface area (TPSA) is 88.1 Å². The predicted octanol–water partition coefficient (Wildman–Crippen LogP) is 5.71. The molecule has 0 fully saturated rings. The first-order valence-electron chi connectivity index (χ1n) is 11.2. The predicted molar refractivity (Wildman–Crippen MR) is 148 cm³/mol. The smallest absolute Gasteiger partial charge is 0.282 e. The minimum atomic E-state index is -0.313. The van der Waals surface area contributed by atoms with Gasteiger partial charge < -0.3 is 18.6 Å². The van der Waals surface area contributed by atoms with Crippen LogP contribution in [0.3, 0.4) is 0 Å². The van der Waals surface area contributed by atoms with Gasteiger partial charge in [-0.1, -0.05) is 18.2 Å². The van der Waals surface area contributed by atoms with E-state index in [9.17, 15) is 4.79 Å². The van der Waals surface area contributed by atoms with Crippen LogP contribution in [0.5, 0.6) is 17.2 Å². The fourth-order valence-electron chi connectivity index (χ4n) is 3.94. The Balaban J connectivity index is 1.69. The normalized spacial score (nSPS) is 11.4. The lowest BCUT2D eigenvalue weighted by Crippen LogP contribution is -2.20. The molecule has 0 saturated heterocycles. The van der Waals surface area contributed by atoms with Gasteiger partial charge >= 0.3 is 0 Å². The molecule has 0 aliphatic rings. The van der Waals surface area contributed by atoms with E-state index in [4.69, 9.17) is 23.6 Å². The summed E-state index contributed by atoms with van der Waals surface area (Å²) in [5.41, 5.74) is 1.59. The molecule has 5 aromatic rings. The number of fused-ring (bicyclic) bond motifs is 2. The van der Waals surface area contributed by atoms with Crippen molar-refractivity contribution in [2.24, 2.45) is 5.10 Å². The zero-order valence-corrected chi connectivity index (χ0v) is 22.0. The van der Waals surface area contributed by atoms with E-state index in [0.29, 0.717) is 46.1 Å². The van der Waals surface area contributed by atoms with Crippen LogP contribution in [0, 0.1) is 3.57 Å². The Bertz CT molecular complexity index is 1670. The molecule has 0 spiro atoms. The molecule has 0 radical (unpaired) electrons. The van der Waals surface area contributed by atoms with E-state index >= 15 is 0 Å². The molecule has 2 heterocycles. The van der Waals surface area contributed by atoms with Gasteiger partial charge in [0, 0.05) is 0 Å². The van der Waals surface area contributed by atoms with Gasteiger partial charge in [-0.05, 0) is 77.5 Å². The van der Waals surface area contributed by atoms with Gasteiger partial charge in [0.1, 0.15) is 11.3 Å². The molecule has 0 N–H and O–H groups in total. The van der Waals surface area contributed by atoms with Crippen molar-refractivity contribution in [2.75, 3.05) is 20.8 Å². The van der Waals surface area contributed by atoms with Crippen molar-refractivity contribution in [3.63, 3.8) is 0 Å². The Morgan fingerprint density at radius 3 is 2.61 bits per heavy atom. The lowest BCUT2D eigenvalue weighted by atomic mass is 10.2. The quantitative estimate of drug-likeness (QED) is 0.177. The summed E-state index contributed by atoms with van der Waals surface area (Å²) in [5, 5.41) is 5.76. The molecule has 0 atom stereocenters. The van der Waals surface area contributed by atoms with Gasteiger partial charge in [-0.3, -0.25) is 4.79 Å². The summed E-state index contributed by atoms with van der Waals surface area (Å²) in [6.45, 7) is 2.43. The molecule has 0 aliphatic carbocycles. The summed E-state index contributed by atoms with van der Waals surface area (Å²) in [5.74, 6) is 2.59. The van der Waals surface area contributed by atoms with E-state index in [1.54, 1.807) is 44.7 Å². The molecule has 36 heavy (non-hydrogen) atoms. The molecular weight excluding hydrogens is 573 g/mol. The van der Waals surface area contributed by atoms with Gasteiger partial charge in [0.05, 0.1) is 46.9 Å². The van der Waals surface area contributed by atoms with Gasteiger partial charge in [-0.2, -0.15) is 9.78 Å². The highest BCUT2D eigenvalue weighted by Gasteiger charge is 2.18. The van der Waals surface area contributed by atoms with Crippen LogP contribution in [-0.4, -0.2) is 36.7 Å². The first-order valence-corrected chi connectivity index (χ1v) is 12.2. The third kappa shape index (κ3) is 4.30. The molecule has 5 rings (SSSR count). The van der Waals surface area contributed by atoms with Crippen molar-refractivity contribution in [1.29, 1.82) is 0 Å². The number of aromatic nitrogens is 2.